The van der Waals surface area contributed by atoms with Crippen molar-refractivity contribution in [2.24, 2.45) is 0 Å². The van der Waals surface area contributed by atoms with E-state index in [0.717, 1.165) is 8.58 Å². The zero-order valence-electron chi connectivity index (χ0n) is 17.3. The second kappa shape index (κ2) is 16.4. The summed E-state index contributed by atoms with van der Waals surface area (Å²) in [6.07, 6.45) is 1.21. The standard InChI is InChI=1S/C14H15P.C12H11P.2ClH.Ni/c1-2-15(13-9-5-3-6-10-13)14-11-7-4-8-12-14;1-3-7-11(8-4-1)13-12-9-5-2-6-10-12;;;/h3-12H,2H2,1H3;1-10,13H;2*1H;/q;;;;+2/p-2. The topological polar surface area (TPSA) is 0 Å². The predicted octanol–water partition coefficient (Wildman–Crippen LogP) is 6.83. The Bertz CT molecular complexity index is 863. The molecule has 0 radical (unpaired) electrons. The number of halogens is 2. The minimum Gasteiger partial charge on any atom is -0.0622 e. The largest absolute Gasteiger partial charge is 0.0622 e. The maximum Gasteiger partial charge on any atom is -0.0226 e. The average Bonchev–Trinajstić information content (AvgIpc) is 2.83. The third kappa shape index (κ3) is 10.3. The summed E-state index contributed by atoms with van der Waals surface area (Å²) in [6, 6.07) is 42.8. The Labute approximate surface area is 204 Å². The van der Waals surface area contributed by atoms with Gasteiger partial charge in [0.2, 0.25) is 0 Å². The molecule has 4 aromatic rings. The van der Waals surface area contributed by atoms with Crippen molar-refractivity contribution in [3.05, 3.63) is 121 Å². The maximum absolute atomic E-state index is 4.70. The van der Waals surface area contributed by atoms with Gasteiger partial charge in [0.1, 0.15) is 0 Å². The van der Waals surface area contributed by atoms with Gasteiger partial charge in [0.05, 0.1) is 0 Å². The molecule has 0 N–H and O–H groups in total. The van der Waals surface area contributed by atoms with E-state index in [9.17, 15) is 0 Å². The molecule has 0 saturated heterocycles. The van der Waals surface area contributed by atoms with Crippen LogP contribution in [0, 0.1) is 0 Å². The summed E-state index contributed by atoms with van der Waals surface area (Å²) >= 11 is 0.569. The zero-order valence-corrected chi connectivity index (χ0v) is 21.7. The Morgan fingerprint density at radius 1 is 0.581 bits per heavy atom. The van der Waals surface area contributed by atoms with Crippen LogP contribution in [0.25, 0.3) is 0 Å². The summed E-state index contributed by atoms with van der Waals surface area (Å²) in [6.45, 7) is 2.27. The van der Waals surface area contributed by atoms with E-state index < -0.39 is 0 Å². The van der Waals surface area contributed by atoms with Crippen LogP contribution >= 0.6 is 36.9 Å². The van der Waals surface area contributed by atoms with Gasteiger partial charge in [0.25, 0.3) is 0 Å². The Balaban J connectivity index is 0.000000197. The third-order valence-electron chi connectivity index (χ3n) is 4.29. The van der Waals surface area contributed by atoms with Gasteiger partial charge in [-0.3, -0.25) is 0 Å². The Morgan fingerprint density at radius 3 is 1.16 bits per heavy atom. The van der Waals surface area contributed by atoms with E-state index in [2.05, 4.69) is 128 Å². The first-order chi connectivity index (χ1) is 15.3. The van der Waals surface area contributed by atoms with Crippen LogP contribution in [0.15, 0.2) is 121 Å². The number of hydrogen-bond donors (Lipinski definition) is 0. The van der Waals surface area contributed by atoms with Crippen molar-refractivity contribution >= 4 is 58.1 Å². The molecule has 0 saturated carbocycles. The predicted molar refractivity (Wildman–Crippen MR) is 142 cm³/mol. The summed E-state index contributed by atoms with van der Waals surface area (Å²) in [5, 5.41) is 5.74. The maximum atomic E-state index is 4.70. The summed E-state index contributed by atoms with van der Waals surface area (Å²) in [5.41, 5.74) is 0. The van der Waals surface area contributed by atoms with Gasteiger partial charge in [-0.05, 0) is 35.3 Å². The van der Waals surface area contributed by atoms with Crippen LogP contribution in [0.2, 0.25) is 0 Å². The minimum absolute atomic E-state index is 0.149. The molecule has 0 aromatic heterocycles. The normalized spacial score (nSPS) is 9.94. The molecule has 4 aromatic carbocycles. The molecule has 0 aliphatic rings. The van der Waals surface area contributed by atoms with Gasteiger partial charge in [-0.1, -0.05) is 137 Å². The zero-order chi connectivity index (χ0) is 22.2. The van der Waals surface area contributed by atoms with Crippen LogP contribution in [-0.2, 0) is 12.7 Å². The van der Waals surface area contributed by atoms with Crippen molar-refractivity contribution in [1.29, 1.82) is 0 Å². The number of benzene rings is 4. The Morgan fingerprint density at radius 2 is 0.871 bits per heavy atom. The molecule has 0 spiro atoms. The summed E-state index contributed by atoms with van der Waals surface area (Å²) < 4.78 is 0. The molecule has 0 bridgehead atoms. The van der Waals surface area contributed by atoms with Gasteiger partial charge in [-0.25, -0.2) is 0 Å². The molecule has 4 rings (SSSR count). The number of rotatable bonds is 5. The molecule has 5 heteroatoms. The van der Waals surface area contributed by atoms with Gasteiger partial charge in [0, 0.05) is 0 Å². The minimum atomic E-state index is -0.149. The van der Waals surface area contributed by atoms with Gasteiger partial charge >= 0.3 is 33.0 Å². The fourth-order valence-electron chi connectivity index (χ4n) is 2.94. The van der Waals surface area contributed by atoms with E-state index in [1.165, 1.54) is 27.4 Å². The van der Waals surface area contributed by atoms with Crippen molar-refractivity contribution in [3.63, 3.8) is 0 Å². The second-order valence-corrected chi connectivity index (χ2v) is 11.9. The average molecular weight is 530 g/mol. The van der Waals surface area contributed by atoms with Crippen molar-refractivity contribution in [2.45, 2.75) is 6.92 Å². The van der Waals surface area contributed by atoms with E-state index in [1.807, 2.05) is 0 Å². The molecule has 0 aliphatic carbocycles. The van der Waals surface area contributed by atoms with Crippen LogP contribution in [0.4, 0.5) is 0 Å². The van der Waals surface area contributed by atoms with Crippen molar-refractivity contribution in [3.8, 4) is 0 Å². The number of hydrogen-bond acceptors (Lipinski definition) is 0. The first kappa shape index (κ1) is 26.1. The summed E-state index contributed by atoms with van der Waals surface area (Å²) in [5.74, 6) is 0. The Kier molecular flexibility index (Phi) is 13.8. The van der Waals surface area contributed by atoms with Crippen molar-refractivity contribution in [1.82, 2.24) is 0 Å². The van der Waals surface area contributed by atoms with Crippen LogP contribution in [-0.4, -0.2) is 6.16 Å². The molecule has 0 heterocycles. The summed E-state index contributed by atoms with van der Waals surface area (Å²) in [7, 11) is 10.0. The molecule has 164 valence electrons. The van der Waals surface area contributed by atoms with E-state index in [1.54, 1.807) is 0 Å². The van der Waals surface area contributed by atoms with Gasteiger partial charge in [0.15, 0.2) is 0 Å². The summed E-state index contributed by atoms with van der Waals surface area (Å²) in [4.78, 5) is 0. The van der Waals surface area contributed by atoms with Gasteiger partial charge in [-0.2, -0.15) is 0 Å². The molecule has 0 atom stereocenters. The van der Waals surface area contributed by atoms with Crippen LogP contribution in [0.3, 0.4) is 0 Å². The van der Waals surface area contributed by atoms with E-state index in [4.69, 9.17) is 20.4 Å². The molecule has 0 aliphatic heterocycles. The van der Waals surface area contributed by atoms with Gasteiger partial charge < -0.3 is 0 Å². The van der Waals surface area contributed by atoms with E-state index >= 15 is 0 Å². The second-order valence-electron chi connectivity index (χ2n) is 6.32. The van der Waals surface area contributed by atoms with Crippen molar-refractivity contribution in [2.75, 3.05) is 6.16 Å². The van der Waals surface area contributed by atoms with Crippen LogP contribution in [0.1, 0.15) is 6.92 Å². The molecule has 0 fully saturated rings. The van der Waals surface area contributed by atoms with E-state index in [0.29, 0.717) is 12.7 Å². The fraction of sp³-hybridized carbons (Fsp3) is 0.0769. The van der Waals surface area contributed by atoms with Gasteiger partial charge in [-0.15, -0.1) is 0 Å². The van der Waals surface area contributed by atoms with Crippen molar-refractivity contribution < 1.29 is 12.7 Å². The molecular weight excluding hydrogens is 504 g/mol. The molecular formula is C26H26Cl2NiP2. The van der Waals surface area contributed by atoms with E-state index in [-0.39, 0.29) is 7.92 Å². The molecule has 31 heavy (non-hydrogen) atoms. The van der Waals surface area contributed by atoms with Crippen LogP contribution in [0.5, 0.6) is 0 Å². The SMILES string of the molecule is CCP(c1ccccc1)c1ccccc1.[Cl][Ni][Cl].c1ccc(Pc2ccccc2)cc1. The first-order valence-electron chi connectivity index (χ1n) is 9.85. The molecule has 0 nitrogen and oxygen atoms in total. The monoisotopic (exact) mass is 528 g/mol. The third-order valence-corrected chi connectivity index (χ3v) is 8.01. The molecule has 0 amide bonds. The van der Waals surface area contributed by atoms with Crippen LogP contribution < -0.4 is 21.2 Å². The molecule has 0 unspecified atom stereocenters. The fourth-order valence-corrected chi connectivity index (χ4v) is 6.08. The smallest absolute Gasteiger partial charge is 0.0226 e. The Hall–Kier alpha value is -1.19. The first-order valence-corrected chi connectivity index (χ1v) is 15.1. The quantitative estimate of drug-likeness (QED) is 0.196.